The molecule has 3 nitrogen and oxygen atoms in total. The van der Waals surface area contributed by atoms with Gasteiger partial charge in [0.2, 0.25) is 0 Å². The minimum Gasteiger partial charge on any atom is -0.198 e. The summed E-state index contributed by atoms with van der Waals surface area (Å²) >= 11 is 0. The first-order valence-corrected chi connectivity index (χ1v) is 11.4. The van der Waals surface area contributed by atoms with Crippen LogP contribution in [0.25, 0.3) is 11.1 Å². The van der Waals surface area contributed by atoms with Crippen molar-refractivity contribution in [1.29, 1.82) is 0 Å². The van der Waals surface area contributed by atoms with Crippen LogP contribution in [0.3, 0.4) is 0 Å². The Labute approximate surface area is 184 Å². The lowest BCUT2D eigenvalue weighted by molar-refractivity contribution is -0.382. The van der Waals surface area contributed by atoms with Crippen molar-refractivity contribution >= 4 is 20.4 Å². The third-order valence-electron chi connectivity index (χ3n) is 4.64. The number of halogens is 12. The van der Waals surface area contributed by atoms with E-state index in [2.05, 4.69) is 3.63 Å². The van der Waals surface area contributed by atoms with Crippen molar-refractivity contribution < 1.29 is 64.7 Å². The molecular weight excluding hydrogens is 544 g/mol. The zero-order valence-electron chi connectivity index (χ0n) is 15.7. The molecule has 0 aromatic heterocycles. The van der Waals surface area contributed by atoms with Crippen molar-refractivity contribution in [3.05, 3.63) is 48.5 Å². The topological polar surface area (TPSA) is 43.4 Å². The molecule has 0 spiro atoms. The molecule has 2 aromatic rings. The number of hydrogen-bond acceptors (Lipinski definition) is 3. The molecule has 17 heteroatoms. The van der Waals surface area contributed by atoms with E-state index in [1.807, 2.05) is 0 Å². The molecule has 0 amide bonds. The molecule has 0 radical (unpaired) electrons. The van der Waals surface area contributed by atoms with Crippen LogP contribution in [0.1, 0.15) is 0 Å². The van der Waals surface area contributed by atoms with Gasteiger partial charge in [-0.2, -0.15) is 64.7 Å². The van der Waals surface area contributed by atoms with Crippen molar-refractivity contribution in [3.8, 4) is 11.1 Å². The standard InChI is InChI=1S/C17H8F12O3S2/c18-13(19,15(22,23)24)14(20,21)16(25,26)33(32-34(30,31)17(27,28)29)11-7-3-1-5-9(11)10-6-2-4-8-12(10)33/h1-8H. The Hall–Kier alpha value is -2.14. The van der Waals surface area contributed by atoms with Gasteiger partial charge in [-0.05, 0) is 23.3 Å². The Morgan fingerprint density at radius 2 is 1.00 bits per heavy atom. The van der Waals surface area contributed by atoms with E-state index >= 15 is 8.78 Å². The number of benzene rings is 2. The monoisotopic (exact) mass is 552 g/mol. The molecule has 0 unspecified atom stereocenters. The molecular formula is C17H8F12O3S2. The fourth-order valence-corrected chi connectivity index (χ4v) is 8.21. The minimum atomic E-state index is -7.51. The lowest BCUT2D eigenvalue weighted by atomic mass is 10.1. The summed E-state index contributed by atoms with van der Waals surface area (Å²) in [6.07, 6.45) is -7.30. The van der Waals surface area contributed by atoms with E-state index < -0.39 is 70.1 Å². The molecule has 190 valence electrons. The lowest BCUT2D eigenvalue weighted by Gasteiger charge is -2.46. The van der Waals surface area contributed by atoms with Gasteiger partial charge in [0, 0.05) is 20.1 Å². The Morgan fingerprint density at radius 1 is 0.618 bits per heavy atom. The van der Waals surface area contributed by atoms with Crippen molar-refractivity contribution in [3.63, 3.8) is 0 Å². The van der Waals surface area contributed by atoms with Crippen molar-refractivity contribution in [1.82, 2.24) is 0 Å². The molecule has 0 fully saturated rings. The first-order chi connectivity index (χ1) is 15.2. The molecule has 0 bridgehead atoms. The van der Waals surface area contributed by atoms with E-state index in [0.717, 1.165) is 36.4 Å². The molecule has 0 atom stereocenters. The number of alkyl halides is 12. The SMILES string of the molecule is O=S(=O)(OS1(C(F)(F)C(F)(F)C(F)(F)C(F)(F)F)c2ccccc2-c2ccccc21)C(F)(F)F. The average Bonchev–Trinajstić information content (AvgIpc) is 2.97. The van der Waals surface area contributed by atoms with Gasteiger partial charge in [-0.15, -0.1) is 0 Å². The maximum absolute atomic E-state index is 15.4. The van der Waals surface area contributed by atoms with Crippen LogP contribution in [0.4, 0.5) is 52.7 Å². The molecule has 1 heterocycles. The number of fused-ring (bicyclic) bond motifs is 3. The Bertz CT molecular complexity index is 1170. The smallest absolute Gasteiger partial charge is 0.198 e. The lowest BCUT2D eigenvalue weighted by Crippen LogP contribution is -2.62. The molecule has 0 saturated heterocycles. The van der Waals surface area contributed by atoms with Crippen LogP contribution in [0.15, 0.2) is 58.3 Å². The first kappa shape index (κ1) is 26.5. The maximum Gasteiger partial charge on any atom is 0.523 e. The Kier molecular flexibility index (Phi) is 5.78. The van der Waals surface area contributed by atoms with E-state index in [0.29, 0.717) is 12.1 Å². The first-order valence-electron chi connectivity index (χ1n) is 8.41. The van der Waals surface area contributed by atoms with Crippen LogP contribution in [-0.2, 0) is 13.7 Å². The zero-order chi connectivity index (χ0) is 26.2. The molecule has 34 heavy (non-hydrogen) atoms. The van der Waals surface area contributed by atoms with Gasteiger partial charge in [0.1, 0.15) is 0 Å². The largest absolute Gasteiger partial charge is 0.523 e. The highest BCUT2D eigenvalue weighted by molar-refractivity contribution is 8.34. The molecule has 1 aliphatic heterocycles. The predicted molar refractivity (Wildman–Crippen MR) is 93.0 cm³/mol. The van der Waals surface area contributed by atoms with Gasteiger partial charge < -0.3 is 0 Å². The summed E-state index contributed by atoms with van der Waals surface area (Å²) in [5.74, 6) is -15.0. The van der Waals surface area contributed by atoms with Crippen LogP contribution in [-0.4, -0.2) is 37.2 Å². The highest BCUT2D eigenvalue weighted by atomic mass is 32.3. The molecule has 0 aliphatic carbocycles. The van der Waals surface area contributed by atoms with Crippen LogP contribution < -0.4 is 0 Å². The van der Waals surface area contributed by atoms with Gasteiger partial charge in [0.05, 0.1) is 0 Å². The predicted octanol–water partition coefficient (Wildman–Crippen LogP) is 7.10. The highest BCUT2D eigenvalue weighted by Crippen LogP contribution is 2.83. The van der Waals surface area contributed by atoms with E-state index in [1.165, 1.54) is 0 Å². The Balaban J connectivity index is 2.50. The fourth-order valence-electron chi connectivity index (χ4n) is 3.10. The summed E-state index contributed by atoms with van der Waals surface area (Å²) in [7, 11) is -13.5. The van der Waals surface area contributed by atoms with E-state index in [9.17, 15) is 52.3 Å². The van der Waals surface area contributed by atoms with Crippen LogP contribution in [0.5, 0.6) is 0 Å². The molecule has 3 rings (SSSR count). The summed E-state index contributed by atoms with van der Waals surface area (Å²) in [6.45, 7) is 0. The third-order valence-corrected chi connectivity index (χ3v) is 9.66. The van der Waals surface area contributed by atoms with Crippen molar-refractivity contribution in [2.24, 2.45) is 0 Å². The number of rotatable bonds is 5. The summed E-state index contributed by atoms with van der Waals surface area (Å²) < 4.78 is 192. The van der Waals surface area contributed by atoms with Crippen LogP contribution >= 0.6 is 10.3 Å². The molecule has 1 aliphatic rings. The summed E-state index contributed by atoms with van der Waals surface area (Å²) in [4.78, 5) is -2.85. The van der Waals surface area contributed by atoms with Gasteiger partial charge in [-0.3, -0.25) is 0 Å². The van der Waals surface area contributed by atoms with Gasteiger partial charge in [-0.1, -0.05) is 36.4 Å². The normalized spacial score (nSPS) is 17.8. The van der Waals surface area contributed by atoms with Gasteiger partial charge in [0.25, 0.3) is 0 Å². The van der Waals surface area contributed by atoms with E-state index in [4.69, 9.17) is 0 Å². The number of hydrogen-bond donors (Lipinski definition) is 0. The Morgan fingerprint density at radius 3 is 1.35 bits per heavy atom. The summed E-state index contributed by atoms with van der Waals surface area (Å²) in [5, 5.41) is -6.85. The summed E-state index contributed by atoms with van der Waals surface area (Å²) in [6, 6.07) is 6.01. The maximum atomic E-state index is 15.4. The average molecular weight is 552 g/mol. The fraction of sp³-hybridized carbons (Fsp3) is 0.294. The van der Waals surface area contributed by atoms with Crippen molar-refractivity contribution in [2.45, 2.75) is 38.6 Å². The zero-order valence-corrected chi connectivity index (χ0v) is 17.3. The van der Waals surface area contributed by atoms with Crippen LogP contribution in [0, 0.1) is 0 Å². The van der Waals surface area contributed by atoms with Gasteiger partial charge in [-0.25, -0.2) is 0 Å². The highest BCUT2D eigenvalue weighted by Gasteiger charge is 2.87. The van der Waals surface area contributed by atoms with Crippen molar-refractivity contribution in [2.75, 3.05) is 0 Å². The quantitative estimate of drug-likeness (QED) is 0.294. The second kappa shape index (κ2) is 7.43. The van der Waals surface area contributed by atoms with E-state index in [1.54, 1.807) is 0 Å². The van der Waals surface area contributed by atoms with Gasteiger partial charge >= 0.3 is 38.9 Å². The van der Waals surface area contributed by atoms with Gasteiger partial charge in [0.15, 0.2) is 0 Å². The second-order valence-corrected chi connectivity index (χ2v) is 11.1. The third kappa shape index (κ3) is 3.30. The molecule has 0 saturated carbocycles. The molecule has 2 aromatic carbocycles. The second-order valence-electron chi connectivity index (χ2n) is 6.68. The summed E-state index contributed by atoms with van der Waals surface area (Å²) in [5.41, 5.74) is -7.79. The van der Waals surface area contributed by atoms with Crippen LogP contribution in [0.2, 0.25) is 0 Å². The molecule has 0 N–H and O–H groups in total. The van der Waals surface area contributed by atoms with E-state index in [-0.39, 0.29) is 0 Å². The minimum absolute atomic E-state index is 0.381.